The van der Waals surface area contributed by atoms with Gasteiger partial charge in [-0.1, -0.05) is 44.8 Å². The fraction of sp³-hybridized carbons (Fsp3) is 0.263. The molecule has 2 heterocycles. The van der Waals surface area contributed by atoms with E-state index in [2.05, 4.69) is 26.1 Å². The van der Waals surface area contributed by atoms with Gasteiger partial charge in [-0.15, -0.1) is 0 Å². The second kappa shape index (κ2) is 7.18. The van der Waals surface area contributed by atoms with Crippen LogP contribution in [0.5, 0.6) is 0 Å². The number of benzene rings is 2. The molecule has 140 valence electrons. The smallest absolute Gasteiger partial charge is 0.245 e. The SMILES string of the molecule is Cc1cccc(-c2noc([C@@H]3CCCN3S(=O)(=O)c3ccc(Br)cc3)n2)c1. The molecular formula is C19H18BrN3O3S. The Morgan fingerprint density at radius 2 is 1.96 bits per heavy atom. The van der Waals surface area contributed by atoms with Crippen LogP contribution in [-0.4, -0.2) is 29.4 Å². The summed E-state index contributed by atoms with van der Waals surface area (Å²) in [5.74, 6) is 0.811. The molecule has 3 aromatic rings. The number of nitrogens with zero attached hydrogens (tertiary/aromatic N) is 3. The van der Waals surface area contributed by atoms with Gasteiger partial charge in [-0.05, 0) is 50.1 Å². The molecule has 0 bridgehead atoms. The van der Waals surface area contributed by atoms with Gasteiger partial charge in [-0.2, -0.15) is 9.29 Å². The molecule has 1 aromatic heterocycles. The minimum Gasteiger partial charge on any atom is -0.337 e. The molecule has 1 atom stereocenters. The molecule has 8 heteroatoms. The molecule has 1 aliphatic heterocycles. The van der Waals surface area contributed by atoms with Gasteiger partial charge in [0.15, 0.2) is 0 Å². The average molecular weight is 448 g/mol. The first-order chi connectivity index (χ1) is 12.9. The highest BCUT2D eigenvalue weighted by Gasteiger charge is 2.39. The highest BCUT2D eigenvalue weighted by atomic mass is 79.9. The summed E-state index contributed by atoms with van der Waals surface area (Å²) in [5.41, 5.74) is 1.95. The van der Waals surface area contributed by atoms with Gasteiger partial charge < -0.3 is 4.52 Å². The van der Waals surface area contributed by atoms with E-state index >= 15 is 0 Å². The highest BCUT2D eigenvalue weighted by Crippen LogP contribution is 2.36. The fourth-order valence-electron chi connectivity index (χ4n) is 3.29. The summed E-state index contributed by atoms with van der Waals surface area (Å²) in [4.78, 5) is 4.74. The number of hydrogen-bond donors (Lipinski definition) is 0. The maximum atomic E-state index is 13.1. The lowest BCUT2D eigenvalue weighted by Crippen LogP contribution is -2.30. The summed E-state index contributed by atoms with van der Waals surface area (Å²) in [7, 11) is -3.63. The van der Waals surface area contributed by atoms with Crippen molar-refractivity contribution in [1.29, 1.82) is 0 Å². The molecule has 1 saturated heterocycles. The zero-order valence-electron chi connectivity index (χ0n) is 14.7. The molecule has 1 fully saturated rings. The Labute approximate surface area is 166 Å². The summed E-state index contributed by atoms with van der Waals surface area (Å²) >= 11 is 3.33. The van der Waals surface area contributed by atoms with Crippen molar-refractivity contribution in [2.45, 2.75) is 30.7 Å². The van der Waals surface area contributed by atoms with E-state index in [4.69, 9.17) is 4.52 Å². The summed E-state index contributed by atoms with van der Waals surface area (Å²) in [6.07, 6.45) is 1.41. The van der Waals surface area contributed by atoms with Crippen LogP contribution in [0.25, 0.3) is 11.4 Å². The number of hydrogen-bond acceptors (Lipinski definition) is 5. The number of aryl methyl sites for hydroxylation is 1. The molecule has 0 N–H and O–H groups in total. The molecular weight excluding hydrogens is 430 g/mol. The van der Waals surface area contributed by atoms with Crippen molar-refractivity contribution in [3.05, 3.63) is 64.5 Å². The van der Waals surface area contributed by atoms with Crippen LogP contribution in [0, 0.1) is 6.92 Å². The molecule has 0 saturated carbocycles. The van der Waals surface area contributed by atoms with E-state index in [1.54, 1.807) is 24.3 Å². The largest absolute Gasteiger partial charge is 0.337 e. The van der Waals surface area contributed by atoms with Crippen molar-refractivity contribution >= 4 is 26.0 Å². The Bertz CT molecular complexity index is 1060. The van der Waals surface area contributed by atoms with Gasteiger partial charge in [-0.3, -0.25) is 0 Å². The van der Waals surface area contributed by atoms with Crippen LogP contribution < -0.4 is 0 Å². The second-order valence-corrected chi connectivity index (χ2v) is 9.36. The van der Waals surface area contributed by atoms with E-state index < -0.39 is 16.1 Å². The van der Waals surface area contributed by atoms with E-state index in [1.165, 1.54) is 4.31 Å². The Morgan fingerprint density at radius 3 is 2.70 bits per heavy atom. The highest BCUT2D eigenvalue weighted by molar-refractivity contribution is 9.10. The number of aromatic nitrogens is 2. The van der Waals surface area contributed by atoms with Gasteiger partial charge in [0.25, 0.3) is 0 Å². The fourth-order valence-corrected chi connectivity index (χ4v) is 5.20. The maximum absolute atomic E-state index is 13.1. The lowest BCUT2D eigenvalue weighted by Gasteiger charge is -2.21. The van der Waals surface area contributed by atoms with Crippen molar-refractivity contribution in [2.24, 2.45) is 0 Å². The molecule has 6 nitrogen and oxygen atoms in total. The standard InChI is InChI=1S/C19H18BrN3O3S/c1-13-4-2-5-14(12-13)18-21-19(26-22-18)17-6-3-11-23(17)27(24,25)16-9-7-15(20)8-10-16/h2,4-5,7-10,12,17H,3,6,11H2,1H3/t17-/m0/s1. The first kappa shape index (κ1) is 18.3. The third kappa shape index (κ3) is 3.56. The number of halogens is 1. The molecule has 2 aromatic carbocycles. The summed E-state index contributed by atoms with van der Waals surface area (Å²) in [6.45, 7) is 2.43. The molecule has 0 unspecified atom stereocenters. The van der Waals surface area contributed by atoms with Crippen molar-refractivity contribution in [3.63, 3.8) is 0 Å². The van der Waals surface area contributed by atoms with E-state index in [0.717, 1.165) is 22.0 Å². The van der Waals surface area contributed by atoms with Crippen LogP contribution in [0.1, 0.15) is 30.3 Å². The van der Waals surface area contributed by atoms with Crippen LogP contribution in [0.15, 0.2) is 62.4 Å². The van der Waals surface area contributed by atoms with E-state index in [-0.39, 0.29) is 4.90 Å². The lowest BCUT2D eigenvalue weighted by atomic mass is 10.1. The number of sulfonamides is 1. The Morgan fingerprint density at radius 1 is 1.19 bits per heavy atom. The van der Waals surface area contributed by atoms with Crippen LogP contribution in [0.3, 0.4) is 0 Å². The van der Waals surface area contributed by atoms with E-state index in [0.29, 0.717) is 24.7 Å². The zero-order valence-corrected chi connectivity index (χ0v) is 17.1. The van der Waals surface area contributed by atoms with Gasteiger partial charge in [-0.25, -0.2) is 8.42 Å². The van der Waals surface area contributed by atoms with Crippen molar-refractivity contribution in [1.82, 2.24) is 14.4 Å². The molecule has 0 amide bonds. The normalized spacial score (nSPS) is 18.1. The Hall–Kier alpha value is -2.03. The average Bonchev–Trinajstić information content (AvgIpc) is 3.32. The zero-order chi connectivity index (χ0) is 19.0. The Kier molecular flexibility index (Phi) is 4.88. The van der Waals surface area contributed by atoms with Crippen molar-refractivity contribution < 1.29 is 12.9 Å². The van der Waals surface area contributed by atoms with E-state index in [9.17, 15) is 8.42 Å². The predicted molar refractivity (Wildman–Crippen MR) is 104 cm³/mol. The molecule has 27 heavy (non-hydrogen) atoms. The van der Waals surface area contributed by atoms with E-state index in [1.807, 2.05) is 31.2 Å². The first-order valence-corrected chi connectivity index (χ1v) is 10.9. The van der Waals surface area contributed by atoms with Crippen LogP contribution in [-0.2, 0) is 10.0 Å². The first-order valence-electron chi connectivity index (χ1n) is 8.63. The second-order valence-electron chi connectivity index (χ2n) is 6.55. The topological polar surface area (TPSA) is 76.3 Å². The summed E-state index contributed by atoms with van der Waals surface area (Å²) in [6, 6.07) is 14.0. The van der Waals surface area contributed by atoms with Crippen LogP contribution in [0.2, 0.25) is 0 Å². The molecule has 0 aliphatic carbocycles. The van der Waals surface area contributed by atoms with Gasteiger partial charge in [0.1, 0.15) is 6.04 Å². The Balaban J connectivity index is 1.65. The minimum atomic E-state index is -3.63. The van der Waals surface area contributed by atoms with Crippen molar-refractivity contribution in [2.75, 3.05) is 6.54 Å². The lowest BCUT2D eigenvalue weighted by molar-refractivity contribution is 0.290. The van der Waals surface area contributed by atoms with Crippen LogP contribution >= 0.6 is 15.9 Å². The molecule has 0 spiro atoms. The number of rotatable bonds is 4. The molecule has 0 radical (unpaired) electrons. The molecule has 4 rings (SSSR count). The quantitative estimate of drug-likeness (QED) is 0.594. The van der Waals surface area contributed by atoms with Gasteiger partial charge in [0.2, 0.25) is 21.7 Å². The third-order valence-electron chi connectivity index (χ3n) is 4.63. The maximum Gasteiger partial charge on any atom is 0.245 e. The van der Waals surface area contributed by atoms with Crippen molar-refractivity contribution in [3.8, 4) is 11.4 Å². The summed E-state index contributed by atoms with van der Waals surface area (Å²) < 4.78 is 33.9. The predicted octanol–water partition coefficient (Wildman–Crippen LogP) is 4.33. The third-order valence-corrected chi connectivity index (χ3v) is 7.08. The monoisotopic (exact) mass is 447 g/mol. The molecule has 1 aliphatic rings. The van der Waals surface area contributed by atoms with Gasteiger partial charge in [0, 0.05) is 16.6 Å². The van der Waals surface area contributed by atoms with Crippen LogP contribution in [0.4, 0.5) is 0 Å². The minimum absolute atomic E-state index is 0.260. The van der Waals surface area contributed by atoms with Gasteiger partial charge in [0.05, 0.1) is 4.90 Å². The summed E-state index contributed by atoms with van der Waals surface area (Å²) in [5, 5.41) is 4.06. The van der Waals surface area contributed by atoms with Gasteiger partial charge >= 0.3 is 0 Å².